The van der Waals surface area contributed by atoms with Crippen LogP contribution < -0.4 is 10.5 Å². The van der Waals surface area contributed by atoms with Crippen molar-refractivity contribution < 1.29 is 9.66 Å². The summed E-state index contributed by atoms with van der Waals surface area (Å²) in [6, 6.07) is 5.43. The number of nitro benzene ring substituents is 1. The summed E-state index contributed by atoms with van der Waals surface area (Å²) in [5.74, 6) is 0.118. The lowest BCUT2D eigenvalue weighted by Crippen LogP contribution is -1.95. The highest BCUT2D eigenvalue weighted by Gasteiger charge is 2.19. The van der Waals surface area contributed by atoms with E-state index in [0.717, 1.165) is 6.07 Å². The number of rotatable bonds is 3. The second-order valence-electron chi connectivity index (χ2n) is 3.52. The van der Waals surface area contributed by atoms with Gasteiger partial charge in [0.25, 0.3) is 0 Å². The van der Waals surface area contributed by atoms with Gasteiger partial charge in [0.15, 0.2) is 0 Å². The molecule has 0 radical (unpaired) electrons. The molecule has 2 rings (SSSR count). The van der Waals surface area contributed by atoms with Gasteiger partial charge in [-0.15, -0.1) is 0 Å². The zero-order valence-electron chi connectivity index (χ0n) is 9.34. The number of nitrogen functional groups attached to an aromatic ring is 1. The van der Waals surface area contributed by atoms with E-state index in [0.29, 0.717) is 5.69 Å². The van der Waals surface area contributed by atoms with E-state index in [9.17, 15) is 10.1 Å². The molecule has 0 bridgehead atoms. The molecule has 0 fully saturated rings. The Morgan fingerprint density at radius 2 is 1.95 bits per heavy atom. The number of hydrogen-bond acceptors (Lipinski definition) is 5. The van der Waals surface area contributed by atoms with Gasteiger partial charge < -0.3 is 10.5 Å². The average Bonchev–Trinajstić information content (AvgIpc) is 2.36. The molecule has 1 aromatic heterocycles. The van der Waals surface area contributed by atoms with Crippen LogP contribution in [0.2, 0.25) is 10.0 Å². The number of nitrogens with two attached hydrogens (primary N) is 1. The Labute approximate surface area is 117 Å². The van der Waals surface area contributed by atoms with Gasteiger partial charge in [-0.05, 0) is 6.07 Å². The van der Waals surface area contributed by atoms with Crippen LogP contribution in [0.1, 0.15) is 0 Å². The number of hydrogen-bond donors (Lipinski definition) is 1. The molecule has 98 valence electrons. The van der Waals surface area contributed by atoms with Gasteiger partial charge in [-0.1, -0.05) is 23.2 Å². The topological polar surface area (TPSA) is 91.3 Å². The van der Waals surface area contributed by atoms with Crippen LogP contribution in [0.3, 0.4) is 0 Å². The molecule has 0 saturated heterocycles. The van der Waals surface area contributed by atoms with E-state index in [2.05, 4.69) is 4.98 Å². The van der Waals surface area contributed by atoms with Crippen molar-refractivity contribution in [3.8, 4) is 11.6 Å². The maximum absolute atomic E-state index is 10.9. The van der Waals surface area contributed by atoms with Gasteiger partial charge in [-0.2, -0.15) is 0 Å². The number of ether oxygens (including phenoxy) is 1. The van der Waals surface area contributed by atoms with Crippen molar-refractivity contribution >= 4 is 34.6 Å². The van der Waals surface area contributed by atoms with Gasteiger partial charge >= 0.3 is 5.69 Å². The molecule has 8 heteroatoms. The summed E-state index contributed by atoms with van der Waals surface area (Å²) in [6.45, 7) is 0. The number of nitro groups is 1. The van der Waals surface area contributed by atoms with Gasteiger partial charge in [-0.3, -0.25) is 10.1 Å². The number of halogens is 2. The fourth-order valence-corrected chi connectivity index (χ4v) is 1.62. The van der Waals surface area contributed by atoms with E-state index in [4.69, 9.17) is 33.7 Å². The summed E-state index contributed by atoms with van der Waals surface area (Å²) in [6.07, 6.45) is 1.37. The van der Waals surface area contributed by atoms with Gasteiger partial charge in [0.1, 0.15) is 0 Å². The van der Waals surface area contributed by atoms with E-state index in [1.54, 1.807) is 6.07 Å². The second kappa shape index (κ2) is 5.29. The quantitative estimate of drug-likeness (QED) is 0.689. The lowest BCUT2D eigenvalue weighted by molar-refractivity contribution is -0.385. The van der Waals surface area contributed by atoms with Crippen LogP contribution in [0.4, 0.5) is 11.4 Å². The maximum atomic E-state index is 10.9. The van der Waals surface area contributed by atoms with Crippen LogP contribution in [-0.2, 0) is 0 Å². The first kappa shape index (κ1) is 13.4. The minimum absolute atomic E-state index is 0.0447. The first-order valence-electron chi connectivity index (χ1n) is 5.00. The molecule has 19 heavy (non-hydrogen) atoms. The van der Waals surface area contributed by atoms with Gasteiger partial charge in [0, 0.05) is 18.2 Å². The Kier molecular flexibility index (Phi) is 3.73. The van der Waals surface area contributed by atoms with Crippen molar-refractivity contribution in [1.29, 1.82) is 0 Å². The standard InChI is InChI=1S/C11H7Cl2N3O3/c12-7-3-9(16(17)18)10(4-8(7)13)19-11-2-1-6(14)5-15-11/h1-5H,14H2. The highest BCUT2D eigenvalue weighted by Crippen LogP contribution is 2.37. The Morgan fingerprint density at radius 3 is 2.53 bits per heavy atom. The Hall–Kier alpha value is -2.05. The van der Waals surface area contributed by atoms with Gasteiger partial charge in [0.05, 0.1) is 26.9 Å². The molecule has 0 aliphatic heterocycles. The summed E-state index contributed by atoms with van der Waals surface area (Å²) in [5.41, 5.74) is 5.63. The van der Waals surface area contributed by atoms with Crippen molar-refractivity contribution in [1.82, 2.24) is 4.98 Å². The smallest absolute Gasteiger partial charge is 0.313 e. The maximum Gasteiger partial charge on any atom is 0.313 e. The third kappa shape index (κ3) is 3.04. The van der Waals surface area contributed by atoms with Crippen LogP contribution in [0, 0.1) is 10.1 Å². The largest absolute Gasteiger partial charge is 0.432 e. The Balaban J connectivity index is 2.41. The fraction of sp³-hybridized carbons (Fsp3) is 0. The molecule has 0 aliphatic rings. The molecule has 0 unspecified atom stereocenters. The van der Waals surface area contributed by atoms with Gasteiger partial charge in [0.2, 0.25) is 11.6 Å². The molecule has 0 amide bonds. The average molecular weight is 300 g/mol. The first-order chi connectivity index (χ1) is 8.97. The molecule has 0 atom stereocenters. The molecule has 1 aromatic carbocycles. The Bertz CT molecular complexity index is 632. The second-order valence-corrected chi connectivity index (χ2v) is 4.34. The Morgan fingerprint density at radius 1 is 1.26 bits per heavy atom. The van der Waals surface area contributed by atoms with E-state index < -0.39 is 4.92 Å². The highest BCUT2D eigenvalue weighted by atomic mass is 35.5. The number of nitrogens with zero attached hydrogens (tertiary/aromatic N) is 2. The molecule has 2 N–H and O–H groups in total. The monoisotopic (exact) mass is 299 g/mol. The third-order valence-corrected chi connectivity index (χ3v) is 2.89. The minimum atomic E-state index is -0.616. The molecule has 6 nitrogen and oxygen atoms in total. The predicted molar refractivity (Wildman–Crippen MR) is 71.8 cm³/mol. The summed E-state index contributed by atoms with van der Waals surface area (Å²) in [4.78, 5) is 14.2. The predicted octanol–water partition coefficient (Wildman–Crippen LogP) is 3.67. The van der Waals surface area contributed by atoms with E-state index in [-0.39, 0.29) is 27.4 Å². The minimum Gasteiger partial charge on any atom is -0.432 e. The number of pyridine rings is 1. The number of aromatic nitrogens is 1. The molecular formula is C11H7Cl2N3O3. The van der Waals surface area contributed by atoms with Crippen LogP contribution in [0.15, 0.2) is 30.5 Å². The van der Waals surface area contributed by atoms with Gasteiger partial charge in [-0.25, -0.2) is 4.98 Å². The van der Waals surface area contributed by atoms with Crippen molar-refractivity contribution in [3.05, 3.63) is 50.6 Å². The number of benzene rings is 1. The van der Waals surface area contributed by atoms with Crippen LogP contribution in [0.25, 0.3) is 0 Å². The fourth-order valence-electron chi connectivity index (χ4n) is 1.31. The molecule has 0 saturated carbocycles. The van der Waals surface area contributed by atoms with E-state index in [1.165, 1.54) is 18.3 Å². The SMILES string of the molecule is Nc1ccc(Oc2cc(Cl)c(Cl)cc2[N+](=O)[O-])nc1. The lowest BCUT2D eigenvalue weighted by atomic mass is 10.3. The van der Waals surface area contributed by atoms with Crippen LogP contribution >= 0.6 is 23.2 Å². The zero-order chi connectivity index (χ0) is 14.0. The molecule has 2 aromatic rings. The summed E-state index contributed by atoms with van der Waals surface area (Å²) < 4.78 is 5.31. The van der Waals surface area contributed by atoms with Crippen molar-refractivity contribution in [2.24, 2.45) is 0 Å². The van der Waals surface area contributed by atoms with E-state index in [1.807, 2.05) is 0 Å². The van der Waals surface area contributed by atoms with Crippen LogP contribution in [0.5, 0.6) is 11.6 Å². The third-order valence-electron chi connectivity index (χ3n) is 2.17. The zero-order valence-corrected chi connectivity index (χ0v) is 10.9. The molecule has 1 heterocycles. The first-order valence-corrected chi connectivity index (χ1v) is 5.76. The van der Waals surface area contributed by atoms with E-state index >= 15 is 0 Å². The molecule has 0 aliphatic carbocycles. The molecular weight excluding hydrogens is 293 g/mol. The molecule has 0 spiro atoms. The van der Waals surface area contributed by atoms with Crippen LogP contribution in [-0.4, -0.2) is 9.91 Å². The summed E-state index contributed by atoms with van der Waals surface area (Å²) >= 11 is 11.5. The summed E-state index contributed by atoms with van der Waals surface area (Å²) in [7, 11) is 0. The van der Waals surface area contributed by atoms with Crippen molar-refractivity contribution in [3.63, 3.8) is 0 Å². The van der Waals surface area contributed by atoms with Crippen molar-refractivity contribution in [2.45, 2.75) is 0 Å². The normalized spacial score (nSPS) is 10.2. The lowest BCUT2D eigenvalue weighted by Gasteiger charge is -2.06. The van der Waals surface area contributed by atoms with Crippen molar-refractivity contribution in [2.75, 3.05) is 5.73 Å². The highest BCUT2D eigenvalue weighted by molar-refractivity contribution is 6.42. The number of anilines is 1. The summed E-state index contributed by atoms with van der Waals surface area (Å²) in [5, 5.41) is 11.1.